The van der Waals surface area contributed by atoms with E-state index in [1.165, 1.54) is 11.3 Å². The highest BCUT2D eigenvalue weighted by Crippen LogP contribution is 2.36. The van der Waals surface area contributed by atoms with Crippen LogP contribution in [-0.4, -0.2) is 89.1 Å². The molecule has 3 aliphatic heterocycles. The lowest BCUT2D eigenvalue weighted by atomic mass is 10.0. The Kier molecular flexibility index (Phi) is 6.85. The number of carbonyl (C=O) groups excluding carboxylic acids is 2. The fraction of sp³-hybridized carbons (Fsp3) is 0.500. The van der Waals surface area contributed by atoms with Crippen LogP contribution >= 0.6 is 11.3 Å². The first-order valence-electron chi connectivity index (χ1n) is 15.1. The standard InChI is InChI=1S/C32H38N6O4S/c1-32(2,3)42-31(41)36-11-9-21(10-12-36)34-29(40)26-28(39)27-24(38-23-7-5-6-8-25(23)43-30(26)38)13-22(14-33-27)37-17-19-15-35(4)16-20(19)18-37/h5-8,13-14,19-21H,9-12,15-18H2,1-4H3,(H,34,40). The van der Waals surface area contributed by atoms with Gasteiger partial charge in [-0.3, -0.25) is 14.0 Å². The monoisotopic (exact) mass is 602 g/mol. The summed E-state index contributed by atoms with van der Waals surface area (Å²) in [5.41, 5.74) is 2.21. The van der Waals surface area contributed by atoms with Crippen molar-refractivity contribution in [3.8, 4) is 0 Å². The van der Waals surface area contributed by atoms with Gasteiger partial charge in [0.15, 0.2) is 0 Å². The van der Waals surface area contributed by atoms with Crippen LogP contribution in [-0.2, 0) is 4.74 Å². The highest BCUT2D eigenvalue weighted by atomic mass is 32.1. The third-order valence-corrected chi connectivity index (χ3v) is 10.2. The predicted molar refractivity (Wildman–Crippen MR) is 169 cm³/mol. The van der Waals surface area contributed by atoms with E-state index in [4.69, 9.17) is 9.72 Å². The SMILES string of the molecule is CN1CC2CN(c3cnc4c(=O)c(C(=O)NC5CCN(C(=O)OC(C)(C)C)CC5)c5sc6ccccc6n5c4c3)CC2C1. The molecule has 2 unspecified atom stereocenters. The van der Waals surface area contributed by atoms with Crippen LogP contribution in [0.25, 0.3) is 26.1 Å². The molecule has 0 spiro atoms. The van der Waals surface area contributed by atoms with Gasteiger partial charge in [0.05, 0.1) is 27.6 Å². The van der Waals surface area contributed by atoms with Crippen LogP contribution < -0.4 is 15.6 Å². The van der Waals surface area contributed by atoms with Gasteiger partial charge in [-0.15, -0.1) is 11.3 Å². The van der Waals surface area contributed by atoms with Gasteiger partial charge in [0.25, 0.3) is 5.91 Å². The van der Waals surface area contributed by atoms with E-state index in [0.29, 0.717) is 48.1 Å². The summed E-state index contributed by atoms with van der Waals surface area (Å²) in [5.74, 6) is 0.897. The minimum Gasteiger partial charge on any atom is -0.444 e. The van der Waals surface area contributed by atoms with Gasteiger partial charge in [0.2, 0.25) is 5.43 Å². The number of anilines is 1. The average Bonchev–Trinajstić information content (AvgIpc) is 3.63. The number of amides is 2. The number of fused-ring (bicyclic) bond motifs is 6. The Balaban J connectivity index is 1.21. The van der Waals surface area contributed by atoms with Gasteiger partial charge in [-0.25, -0.2) is 9.78 Å². The van der Waals surface area contributed by atoms with Crippen molar-refractivity contribution in [3.05, 3.63) is 52.3 Å². The Bertz CT molecular complexity index is 1790. The smallest absolute Gasteiger partial charge is 0.410 e. The van der Waals surface area contributed by atoms with Gasteiger partial charge < -0.3 is 24.8 Å². The van der Waals surface area contributed by atoms with Crippen molar-refractivity contribution in [2.45, 2.75) is 45.3 Å². The number of likely N-dealkylation sites (tertiary alicyclic amines) is 2. The summed E-state index contributed by atoms with van der Waals surface area (Å²) in [4.78, 5) is 52.1. The lowest BCUT2D eigenvalue weighted by molar-refractivity contribution is 0.0199. The number of hydrogen-bond acceptors (Lipinski definition) is 8. The summed E-state index contributed by atoms with van der Waals surface area (Å²) in [7, 11) is 2.19. The van der Waals surface area contributed by atoms with Crippen molar-refractivity contribution in [1.29, 1.82) is 0 Å². The van der Waals surface area contributed by atoms with Crippen molar-refractivity contribution in [2.75, 3.05) is 51.2 Å². The number of hydrogen-bond donors (Lipinski definition) is 1. The summed E-state index contributed by atoms with van der Waals surface area (Å²) in [6.45, 7) is 10.7. The molecule has 1 aromatic carbocycles. The molecule has 4 aromatic rings. The van der Waals surface area contributed by atoms with Crippen LogP contribution in [0.1, 0.15) is 44.0 Å². The van der Waals surface area contributed by atoms with Crippen molar-refractivity contribution < 1.29 is 14.3 Å². The number of thiazole rings is 1. The van der Waals surface area contributed by atoms with E-state index >= 15 is 0 Å². The number of nitrogens with one attached hydrogen (secondary N) is 1. The van der Waals surface area contributed by atoms with Crippen LogP contribution in [0, 0.1) is 11.8 Å². The fourth-order valence-corrected chi connectivity index (χ4v) is 8.19. The van der Waals surface area contributed by atoms with Gasteiger partial charge in [-0.1, -0.05) is 12.1 Å². The molecule has 2 atom stereocenters. The zero-order valence-corrected chi connectivity index (χ0v) is 25.9. The number of rotatable bonds is 3. The molecule has 0 aliphatic carbocycles. The molecule has 6 heterocycles. The number of nitrogens with zero attached hydrogens (tertiary/aromatic N) is 5. The molecule has 0 bridgehead atoms. The van der Waals surface area contributed by atoms with Crippen molar-refractivity contribution in [2.24, 2.45) is 11.8 Å². The number of carbonyl (C=O) groups is 2. The van der Waals surface area contributed by atoms with E-state index < -0.39 is 11.5 Å². The van der Waals surface area contributed by atoms with Gasteiger partial charge in [-0.2, -0.15) is 0 Å². The molecule has 7 rings (SSSR count). The highest BCUT2D eigenvalue weighted by Gasteiger charge is 2.39. The van der Waals surface area contributed by atoms with Gasteiger partial charge in [0, 0.05) is 45.3 Å². The first-order chi connectivity index (χ1) is 20.6. The number of ether oxygens (including phenoxy) is 1. The van der Waals surface area contributed by atoms with Crippen LogP contribution in [0.3, 0.4) is 0 Å². The Morgan fingerprint density at radius 1 is 1.02 bits per heavy atom. The third-order valence-electron chi connectivity index (χ3n) is 9.01. The second-order valence-electron chi connectivity index (χ2n) is 13.3. The lowest BCUT2D eigenvalue weighted by Crippen LogP contribution is -2.48. The number of piperidine rings is 1. The Hall–Kier alpha value is -3.70. The second-order valence-corrected chi connectivity index (χ2v) is 14.4. The van der Waals surface area contributed by atoms with Crippen LogP contribution in [0.2, 0.25) is 0 Å². The summed E-state index contributed by atoms with van der Waals surface area (Å²) >= 11 is 1.45. The molecule has 0 saturated carbocycles. The van der Waals surface area contributed by atoms with Crippen LogP contribution in [0.4, 0.5) is 10.5 Å². The lowest BCUT2D eigenvalue weighted by Gasteiger charge is -2.33. The van der Waals surface area contributed by atoms with E-state index in [1.54, 1.807) is 11.1 Å². The Labute approximate surface area is 254 Å². The van der Waals surface area contributed by atoms with Crippen LogP contribution in [0.15, 0.2) is 41.3 Å². The van der Waals surface area contributed by atoms with Crippen LogP contribution in [0.5, 0.6) is 0 Å². The summed E-state index contributed by atoms with van der Waals surface area (Å²) in [6, 6.07) is 9.92. The minimum absolute atomic E-state index is 0.127. The highest BCUT2D eigenvalue weighted by molar-refractivity contribution is 7.24. The molecule has 1 N–H and O–H groups in total. The Morgan fingerprint density at radius 3 is 2.42 bits per heavy atom. The number of benzene rings is 1. The van der Waals surface area contributed by atoms with Gasteiger partial charge >= 0.3 is 6.09 Å². The molecule has 43 heavy (non-hydrogen) atoms. The molecule has 226 valence electrons. The van der Waals surface area contributed by atoms with Crippen molar-refractivity contribution in [3.63, 3.8) is 0 Å². The maximum atomic E-state index is 14.0. The number of aromatic nitrogens is 2. The molecule has 0 radical (unpaired) electrons. The maximum absolute atomic E-state index is 14.0. The minimum atomic E-state index is -0.560. The zero-order chi connectivity index (χ0) is 30.0. The quantitative estimate of drug-likeness (QED) is 0.376. The van der Waals surface area contributed by atoms with E-state index in [0.717, 1.165) is 47.6 Å². The summed E-state index contributed by atoms with van der Waals surface area (Å²) in [5, 5.41) is 3.10. The number of para-hydroxylation sites is 1. The first kappa shape index (κ1) is 28.1. The molecule has 3 saturated heterocycles. The van der Waals surface area contributed by atoms with Gasteiger partial charge in [-0.05, 0) is 70.7 Å². The van der Waals surface area contributed by atoms with Crippen molar-refractivity contribution >= 4 is 55.1 Å². The molecule has 11 heteroatoms. The molecule has 3 fully saturated rings. The predicted octanol–water partition coefficient (Wildman–Crippen LogP) is 4.19. The largest absolute Gasteiger partial charge is 0.444 e. The molecular formula is C32H38N6O4S. The maximum Gasteiger partial charge on any atom is 0.410 e. The third kappa shape index (κ3) is 5.12. The van der Waals surface area contributed by atoms with Gasteiger partial charge in [0.1, 0.15) is 21.5 Å². The first-order valence-corrected chi connectivity index (χ1v) is 16.0. The average molecular weight is 603 g/mol. The molecule has 2 amide bonds. The molecule has 3 aromatic heterocycles. The normalized spacial score (nSPS) is 21.7. The van der Waals surface area contributed by atoms with E-state index in [9.17, 15) is 14.4 Å². The Morgan fingerprint density at radius 2 is 1.72 bits per heavy atom. The van der Waals surface area contributed by atoms with E-state index in [1.807, 2.05) is 49.4 Å². The zero-order valence-electron chi connectivity index (χ0n) is 25.1. The fourth-order valence-electron chi connectivity index (χ4n) is 6.99. The molecule has 3 aliphatic rings. The summed E-state index contributed by atoms with van der Waals surface area (Å²) in [6.07, 6.45) is 2.63. The topological polar surface area (TPSA) is 99.5 Å². The molecule has 10 nitrogen and oxygen atoms in total. The van der Waals surface area contributed by atoms with E-state index in [2.05, 4.69) is 28.2 Å². The second kappa shape index (κ2) is 10.5. The van der Waals surface area contributed by atoms with Crippen molar-refractivity contribution in [1.82, 2.24) is 24.5 Å². The summed E-state index contributed by atoms with van der Waals surface area (Å²) < 4.78 is 8.54. The number of pyridine rings is 2. The van der Waals surface area contributed by atoms with E-state index in [-0.39, 0.29) is 23.1 Å². The molecular weight excluding hydrogens is 564 g/mol.